The number of rotatable bonds is 4. The van der Waals surface area contributed by atoms with Crippen LogP contribution >= 0.6 is 15.9 Å². The Bertz CT molecular complexity index is 1140. The molecule has 0 aliphatic rings. The number of halogens is 1. The zero-order valence-corrected chi connectivity index (χ0v) is 18.1. The Morgan fingerprint density at radius 3 is 2.45 bits per heavy atom. The molecule has 9 nitrogen and oxygen atoms in total. The number of fused-ring (bicyclic) bond motifs is 1. The molecule has 0 aliphatic heterocycles. The SMILES string of the molecule is Cn1nc(Br)c2c(=O)n(CC(=O)Nc3ccc(C(=O)NC(C)(C)C)cc3)cnc21. The lowest BCUT2D eigenvalue weighted by atomic mass is 10.1. The molecule has 2 amide bonds. The number of carbonyl (C=O) groups is 2. The average Bonchev–Trinajstić information content (AvgIpc) is 2.91. The second kappa shape index (κ2) is 7.78. The normalized spacial score (nSPS) is 11.5. The van der Waals surface area contributed by atoms with E-state index in [0.717, 1.165) is 0 Å². The molecule has 0 bridgehead atoms. The Morgan fingerprint density at radius 2 is 1.83 bits per heavy atom. The minimum atomic E-state index is -0.389. The van der Waals surface area contributed by atoms with Gasteiger partial charge in [0.2, 0.25) is 5.91 Å². The highest BCUT2D eigenvalue weighted by molar-refractivity contribution is 9.10. The van der Waals surface area contributed by atoms with Crippen molar-refractivity contribution in [3.63, 3.8) is 0 Å². The zero-order valence-electron chi connectivity index (χ0n) is 16.5. The molecule has 10 heteroatoms. The van der Waals surface area contributed by atoms with Gasteiger partial charge in [0.15, 0.2) is 5.65 Å². The van der Waals surface area contributed by atoms with Gasteiger partial charge in [0.1, 0.15) is 22.9 Å². The van der Waals surface area contributed by atoms with E-state index in [1.807, 2.05) is 20.8 Å². The number of hydrogen-bond donors (Lipinski definition) is 2. The molecule has 2 N–H and O–H groups in total. The minimum absolute atomic E-state index is 0.191. The average molecular weight is 461 g/mol. The van der Waals surface area contributed by atoms with Crippen molar-refractivity contribution in [2.24, 2.45) is 7.05 Å². The molecule has 0 unspecified atom stereocenters. The maximum atomic E-state index is 12.6. The number of anilines is 1. The summed E-state index contributed by atoms with van der Waals surface area (Å²) in [6, 6.07) is 6.53. The maximum Gasteiger partial charge on any atom is 0.266 e. The van der Waals surface area contributed by atoms with Crippen molar-refractivity contribution in [1.29, 1.82) is 0 Å². The maximum absolute atomic E-state index is 12.6. The third-order valence-electron chi connectivity index (χ3n) is 4.00. The number of benzene rings is 1. The molecule has 3 rings (SSSR count). The van der Waals surface area contributed by atoms with Crippen molar-refractivity contribution >= 4 is 44.5 Å². The summed E-state index contributed by atoms with van der Waals surface area (Å²) in [5.41, 5.74) is 0.745. The second-order valence-electron chi connectivity index (χ2n) is 7.62. The molecule has 152 valence electrons. The van der Waals surface area contributed by atoms with Crippen LogP contribution in [-0.2, 0) is 18.4 Å². The van der Waals surface area contributed by atoms with Crippen molar-refractivity contribution in [3.05, 3.63) is 51.1 Å². The molecule has 0 spiro atoms. The van der Waals surface area contributed by atoms with Gasteiger partial charge in [-0.2, -0.15) is 5.10 Å². The lowest BCUT2D eigenvalue weighted by molar-refractivity contribution is -0.116. The number of nitrogens with zero attached hydrogens (tertiary/aromatic N) is 4. The van der Waals surface area contributed by atoms with Crippen molar-refractivity contribution in [2.75, 3.05) is 5.32 Å². The number of aromatic nitrogens is 4. The number of amides is 2. The van der Waals surface area contributed by atoms with Gasteiger partial charge in [-0.1, -0.05) is 0 Å². The van der Waals surface area contributed by atoms with Gasteiger partial charge in [-0.15, -0.1) is 0 Å². The summed E-state index contributed by atoms with van der Waals surface area (Å²) in [6.45, 7) is 5.50. The number of nitrogens with one attached hydrogen (secondary N) is 2. The Hall–Kier alpha value is -3.01. The van der Waals surface area contributed by atoms with Crippen LogP contribution in [0.4, 0.5) is 5.69 Å². The molecule has 0 atom stereocenters. The van der Waals surface area contributed by atoms with E-state index in [1.54, 1.807) is 31.3 Å². The Morgan fingerprint density at radius 1 is 1.17 bits per heavy atom. The van der Waals surface area contributed by atoms with Crippen LogP contribution in [0.15, 0.2) is 40.0 Å². The van der Waals surface area contributed by atoms with Gasteiger partial charge in [-0.25, -0.2) is 9.67 Å². The van der Waals surface area contributed by atoms with E-state index in [-0.39, 0.29) is 29.5 Å². The first-order valence-electron chi connectivity index (χ1n) is 8.85. The third-order valence-corrected chi connectivity index (χ3v) is 4.56. The van der Waals surface area contributed by atoms with E-state index in [2.05, 4.69) is 36.6 Å². The summed E-state index contributed by atoms with van der Waals surface area (Å²) < 4.78 is 3.09. The molecule has 2 aromatic heterocycles. The Kier molecular flexibility index (Phi) is 5.56. The van der Waals surface area contributed by atoms with E-state index >= 15 is 0 Å². The van der Waals surface area contributed by atoms with Crippen LogP contribution in [0.3, 0.4) is 0 Å². The van der Waals surface area contributed by atoms with Gasteiger partial charge in [-0.05, 0) is 61.0 Å². The molecule has 0 fully saturated rings. The van der Waals surface area contributed by atoms with Crippen LogP contribution in [0, 0.1) is 0 Å². The molecular formula is C19H21BrN6O3. The van der Waals surface area contributed by atoms with Crippen molar-refractivity contribution in [3.8, 4) is 0 Å². The van der Waals surface area contributed by atoms with Crippen molar-refractivity contribution in [2.45, 2.75) is 32.9 Å². The van der Waals surface area contributed by atoms with Gasteiger partial charge in [0.25, 0.3) is 11.5 Å². The highest BCUT2D eigenvalue weighted by atomic mass is 79.9. The fourth-order valence-corrected chi connectivity index (χ4v) is 3.31. The van der Waals surface area contributed by atoms with Crippen LogP contribution in [0.25, 0.3) is 11.0 Å². The van der Waals surface area contributed by atoms with Crippen LogP contribution in [0.2, 0.25) is 0 Å². The zero-order chi connectivity index (χ0) is 21.3. The summed E-state index contributed by atoms with van der Waals surface area (Å²) >= 11 is 3.24. The van der Waals surface area contributed by atoms with Crippen molar-refractivity contribution < 1.29 is 9.59 Å². The molecule has 3 aromatic rings. The molecule has 0 saturated heterocycles. The molecule has 2 heterocycles. The highest BCUT2D eigenvalue weighted by Gasteiger charge is 2.16. The summed E-state index contributed by atoms with van der Waals surface area (Å²) in [7, 11) is 1.68. The summed E-state index contributed by atoms with van der Waals surface area (Å²) in [5.74, 6) is -0.580. The minimum Gasteiger partial charge on any atom is -0.347 e. The monoisotopic (exact) mass is 460 g/mol. The largest absolute Gasteiger partial charge is 0.347 e. The first-order chi connectivity index (χ1) is 13.5. The fraction of sp³-hybridized carbons (Fsp3) is 0.316. The number of hydrogen-bond acceptors (Lipinski definition) is 5. The standard InChI is InChI=1S/C19H21BrN6O3/c1-19(2,3)23-17(28)11-5-7-12(8-6-11)22-13(27)9-26-10-21-16-14(18(26)29)15(20)24-25(16)4/h5-8,10H,9H2,1-4H3,(H,22,27)(H,23,28). The third kappa shape index (κ3) is 4.70. The van der Waals surface area contributed by atoms with Gasteiger partial charge in [0.05, 0.1) is 0 Å². The van der Waals surface area contributed by atoms with Crippen LogP contribution < -0.4 is 16.2 Å². The highest BCUT2D eigenvalue weighted by Crippen LogP contribution is 2.17. The van der Waals surface area contributed by atoms with E-state index in [9.17, 15) is 14.4 Å². The second-order valence-corrected chi connectivity index (χ2v) is 8.37. The van der Waals surface area contributed by atoms with Crippen LogP contribution in [0.5, 0.6) is 0 Å². The molecule has 0 radical (unpaired) electrons. The van der Waals surface area contributed by atoms with Gasteiger partial charge >= 0.3 is 0 Å². The Labute approximate surface area is 175 Å². The Balaban J connectivity index is 1.71. The lowest BCUT2D eigenvalue weighted by Gasteiger charge is -2.20. The van der Waals surface area contributed by atoms with E-state index in [0.29, 0.717) is 26.9 Å². The van der Waals surface area contributed by atoms with Crippen LogP contribution in [0.1, 0.15) is 31.1 Å². The summed E-state index contributed by atoms with van der Waals surface area (Å²) in [6.07, 6.45) is 1.32. The fourth-order valence-electron chi connectivity index (χ4n) is 2.72. The van der Waals surface area contributed by atoms with Crippen LogP contribution in [-0.4, -0.2) is 36.7 Å². The first kappa shape index (κ1) is 20.7. The predicted molar refractivity (Wildman–Crippen MR) is 113 cm³/mol. The van der Waals surface area contributed by atoms with Gasteiger partial charge in [0, 0.05) is 23.8 Å². The lowest BCUT2D eigenvalue weighted by Crippen LogP contribution is -2.40. The van der Waals surface area contributed by atoms with E-state index < -0.39 is 0 Å². The number of aryl methyl sites for hydroxylation is 1. The summed E-state index contributed by atoms with van der Waals surface area (Å²) in [5, 5.41) is 10.0. The molecule has 29 heavy (non-hydrogen) atoms. The molecule has 0 saturated carbocycles. The smallest absolute Gasteiger partial charge is 0.266 e. The quantitative estimate of drug-likeness (QED) is 0.618. The van der Waals surface area contributed by atoms with Gasteiger partial charge < -0.3 is 10.6 Å². The first-order valence-corrected chi connectivity index (χ1v) is 9.64. The number of carbonyl (C=O) groups excluding carboxylic acids is 2. The molecule has 1 aromatic carbocycles. The van der Waals surface area contributed by atoms with E-state index in [4.69, 9.17) is 0 Å². The topological polar surface area (TPSA) is 111 Å². The molecule has 0 aliphatic carbocycles. The predicted octanol–water partition coefficient (Wildman–Crippen LogP) is 2.06. The van der Waals surface area contributed by atoms with Crippen molar-refractivity contribution in [1.82, 2.24) is 24.6 Å². The summed E-state index contributed by atoms with van der Waals surface area (Å²) in [4.78, 5) is 41.3. The van der Waals surface area contributed by atoms with E-state index in [1.165, 1.54) is 15.6 Å². The van der Waals surface area contributed by atoms with Gasteiger partial charge in [-0.3, -0.25) is 19.0 Å². The molecular weight excluding hydrogens is 440 g/mol.